The third kappa shape index (κ3) is 3.00. The summed E-state index contributed by atoms with van der Waals surface area (Å²) in [6, 6.07) is 7.16. The second-order valence-electron chi connectivity index (χ2n) is 6.65. The van der Waals surface area contributed by atoms with Crippen LogP contribution in [0.3, 0.4) is 0 Å². The first-order valence-corrected chi connectivity index (χ1v) is 7.44. The van der Waals surface area contributed by atoms with Gasteiger partial charge in [-0.25, -0.2) is 0 Å². The lowest BCUT2D eigenvalue weighted by molar-refractivity contribution is 0.209. The van der Waals surface area contributed by atoms with E-state index in [9.17, 15) is 5.26 Å². The average Bonchev–Trinajstić information content (AvgIpc) is 2.34. The van der Waals surface area contributed by atoms with Crippen LogP contribution >= 0.6 is 0 Å². The van der Waals surface area contributed by atoms with Crippen LogP contribution in [0.2, 0.25) is 0 Å². The molecule has 0 aliphatic heterocycles. The summed E-state index contributed by atoms with van der Waals surface area (Å²) in [5.41, 5.74) is 5.31. The SMILES string of the molecule is Cc1cc(C)c(CC2(C#N)CCCC(C)C2)c(C)c1. The van der Waals surface area contributed by atoms with Crippen molar-refractivity contribution in [3.8, 4) is 6.07 Å². The second-order valence-corrected chi connectivity index (χ2v) is 6.65. The van der Waals surface area contributed by atoms with Crippen LogP contribution in [0.1, 0.15) is 54.9 Å². The van der Waals surface area contributed by atoms with Crippen molar-refractivity contribution in [3.63, 3.8) is 0 Å². The Morgan fingerprint density at radius 1 is 1.26 bits per heavy atom. The van der Waals surface area contributed by atoms with E-state index in [1.807, 2.05) is 0 Å². The second kappa shape index (κ2) is 5.37. The Labute approximate surface area is 117 Å². The third-order valence-corrected chi connectivity index (χ3v) is 4.68. The number of rotatable bonds is 2. The Morgan fingerprint density at radius 2 is 1.89 bits per heavy atom. The Bertz CT molecular complexity index is 486. The van der Waals surface area contributed by atoms with Crippen molar-refractivity contribution in [3.05, 3.63) is 34.4 Å². The smallest absolute Gasteiger partial charge is 0.0693 e. The fourth-order valence-corrected chi connectivity index (χ4v) is 3.79. The molecule has 0 N–H and O–H groups in total. The van der Waals surface area contributed by atoms with Crippen molar-refractivity contribution < 1.29 is 0 Å². The van der Waals surface area contributed by atoms with E-state index in [0.29, 0.717) is 5.92 Å². The van der Waals surface area contributed by atoms with Crippen molar-refractivity contribution in [2.24, 2.45) is 11.3 Å². The summed E-state index contributed by atoms with van der Waals surface area (Å²) in [5.74, 6) is 0.694. The third-order valence-electron chi connectivity index (χ3n) is 4.68. The number of aryl methyl sites for hydroxylation is 3. The molecule has 0 aromatic heterocycles. The van der Waals surface area contributed by atoms with Gasteiger partial charge in [-0.3, -0.25) is 0 Å². The first-order valence-electron chi connectivity index (χ1n) is 7.44. The van der Waals surface area contributed by atoms with Crippen molar-refractivity contribution in [2.75, 3.05) is 0 Å². The Hall–Kier alpha value is -1.29. The van der Waals surface area contributed by atoms with Crippen LogP contribution in [0.4, 0.5) is 0 Å². The van der Waals surface area contributed by atoms with E-state index in [4.69, 9.17) is 0 Å². The molecule has 0 bridgehead atoms. The number of hydrogen-bond donors (Lipinski definition) is 0. The molecule has 0 radical (unpaired) electrons. The normalized spacial score (nSPS) is 27.0. The molecule has 2 rings (SSSR count). The standard InChI is InChI=1S/C18H25N/c1-13-6-5-7-18(10-13,12-19)11-17-15(3)8-14(2)9-16(17)4/h8-9,13H,5-7,10-11H2,1-4H3. The summed E-state index contributed by atoms with van der Waals surface area (Å²) in [4.78, 5) is 0. The monoisotopic (exact) mass is 255 g/mol. The van der Waals surface area contributed by atoms with Gasteiger partial charge < -0.3 is 0 Å². The van der Waals surface area contributed by atoms with Crippen LogP contribution in [-0.2, 0) is 6.42 Å². The zero-order valence-electron chi connectivity index (χ0n) is 12.7. The van der Waals surface area contributed by atoms with Crippen molar-refractivity contribution in [2.45, 2.75) is 59.8 Å². The molecule has 1 aliphatic rings. The maximum absolute atomic E-state index is 9.71. The summed E-state index contributed by atoms with van der Waals surface area (Å²) in [5, 5.41) is 9.71. The molecule has 1 saturated carbocycles. The van der Waals surface area contributed by atoms with E-state index in [1.165, 1.54) is 35.1 Å². The van der Waals surface area contributed by atoms with Crippen LogP contribution < -0.4 is 0 Å². The van der Waals surface area contributed by atoms with Crippen molar-refractivity contribution >= 4 is 0 Å². The fourth-order valence-electron chi connectivity index (χ4n) is 3.79. The molecule has 102 valence electrons. The molecule has 0 heterocycles. The van der Waals surface area contributed by atoms with Gasteiger partial charge in [-0.05, 0) is 62.6 Å². The Kier molecular flexibility index (Phi) is 3.99. The summed E-state index contributed by atoms with van der Waals surface area (Å²) < 4.78 is 0. The van der Waals surface area contributed by atoms with E-state index in [1.54, 1.807) is 0 Å². The van der Waals surface area contributed by atoms with E-state index in [2.05, 4.69) is 45.9 Å². The predicted octanol–water partition coefficient (Wildman–Crippen LogP) is 4.87. The molecule has 2 atom stereocenters. The van der Waals surface area contributed by atoms with Crippen molar-refractivity contribution in [1.82, 2.24) is 0 Å². The van der Waals surface area contributed by atoms with Gasteiger partial charge >= 0.3 is 0 Å². The summed E-state index contributed by atoms with van der Waals surface area (Å²) in [7, 11) is 0. The van der Waals surface area contributed by atoms with E-state index in [-0.39, 0.29) is 5.41 Å². The predicted molar refractivity (Wildman–Crippen MR) is 80.0 cm³/mol. The average molecular weight is 255 g/mol. The first-order chi connectivity index (χ1) is 8.96. The maximum Gasteiger partial charge on any atom is 0.0693 e. The largest absolute Gasteiger partial charge is 0.198 e. The molecule has 1 aromatic rings. The molecule has 1 aliphatic carbocycles. The first kappa shape index (κ1) is 14.1. The summed E-state index contributed by atoms with van der Waals surface area (Å²) in [6.07, 6.45) is 5.57. The molecule has 1 heteroatoms. The molecule has 0 saturated heterocycles. The minimum Gasteiger partial charge on any atom is -0.198 e. The van der Waals surface area contributed by atoms with Gasteiger partial charge in [0, 0.05) is 0 Å². The van der Waals surface area contributed by atoms with Crippen LogP contribution in [0.15, 0.2) is 12.1 Å². The summed E-state index contributed by atoms with van der Waals surface area (Å²) in [6.45, 7) is 8.81. The van der Waals surface area contributed by atoms with Crippen LogP contribution in [-0.4, -0.2) is 0 Å². The van der Waals surface area contributed by atoms with E-state index in [0.717, 1.165) is 19.3 Å². The van der Waals surface area contributed by atoms with Gasteiger partial charge in [-0.15, -0.1) is 0 Å². The van der Waals surface area contributed by atoms with Gasteiger partial charge in [0.1, 0.15) is 0 Å². The fraction of sp³-hybridized carbons (Fsp3) is 0.611. The highest BCUT2D eigenvalue weighted by atomic mass is 14.4. The molecule has 0 amide bonds. The summed E-state index contributed by atoms with van der Waals surface area (Å²) >= 11 is 0. The lowest BCUT2D eigenvalue weighted by Gasteiger charge is -2.35. The van der Waals surface area contributed by atoms with E-state index < -0.39 is 0 Å². The molecule has 1 nitrogen and oxygen atoms in total. The minimum absolute atomic E-state index is 0.123. The molecule has 19 heavy (non-hydrogen) atoms. The van der Waals surface area contributed by atoms with Gasteiger partial charge in [0.05, 0.1) is 11.5 Å². The minimum atomic E-state index is -0.123. The van der Waals surface area contributed by atoms with Gasteiger partial charge in [-0.2, -0.15) is 5.26 Å². The van der Waals surface area contributed by atoms with Gasteiger partial charge in [-0.1, -0.05) is 37.5 Å². The topological polar surface area (TPSA) is 23.8 Å². The highest BCUT2D eigenvalue weighted by Crippen LogP contribution is 2.42. The number of benzene rings is 1. The number of nitrogens with zero attached hydrogens (tertiary/aromatic N) is 1. The van der Waals surface area contributed by atoms with E-state index >= 15 is 0 Å². The molecule has 0 spiro atoms. The van der Waals surface area contributed by atoms with Gasteiger partial charge in [0.25, 0.3) is 0 Å². The van der Waals surface area contributed by atoms with Crippen LogP contribution in [0.25, 0.3) is 0 Å². The molecule has 1 fully saturated rings. The Morgan fingerprint density at radius 3 is 2.42 bits per heavy atom. The van der Waals surface area contributed by atoms with Crippen LogP contribution in [0.5, 0.6) is 0 Å². The highest BCUT2D eigenvalue weighted by Gasteiger charge is 2.35. The van der Waals surface area contributed by atoms with Crippen molar-refractivity contribution in [1.29, 1.82) is 5.26 Å². The molecule has 2 unspecified atom stereocenters. The Balaban J connectivity index is 2.31. The lowest BCUT2D eigenvalue weighted by Crippen LogP contribution is -2.29. The molecular formula is C18H25N. The van der Waals surface area contributed by atoms with Gasteiger partial charge in [0.15, 0.2) is 0 Å². The maximum atomic E-state index is 9.71. The zero-order valence-corrected chi connectivity index (χ0v) is 12.7. The lowest BCUT2D eigenvalue weighted by atomic mass is 9.67. The number of hydrogen-bond acceptors (Lipinski definition) is 1. The number of nitriles is 1. The quantitative estimate of drug-likeness (QED) is 0.739. The van der Waals surface area contributed by atoms with Crippen LogP contribution in [0, 0.1) is 43.4 Å². The molecular weight excluding hydrogens is 230 g/mol. The van der Waals surface area contributed by atoms with Gasteiger partial charge in [0.2, 0.25) is 0 Å². The zero-order chi connectivity index (χ0) is 14.0. The molecule has 1 aromatic carbocycles. The highest BCUT2D eigenvalue weighted by molar-refractivity contribution is 5.39.